The predicted octanol–water partition coefficient (Wildman–Crippen LogP) is 2.36. The van der Waals surface area contributed by atoms with E-state index in [1.807, 2.05) is 31.2 Å². The first-order valence-electron chi connectivity index (χ1n) is 6.05. The Hall–Kier alpha value is -2.76. The van der Waals surface area contributed by atoms with Gasteiger partial charge in [-0.3, -0.25) is 0 Å². The summed E-state index contributed by atoms with van der Waals surface area (Å²) in [6, 6.07) is 12.0. The zero-order chi connectivity index (χ0) is 14.1. The molecule has 0 fully saturated rings. The minimum atomic E-state index is -0.418. The lowest BCUT2D eigenvalue weighted by molar-refractivity contribution is 0.628. The zero-order valence-corrected chi connectivity index (χ0v) is 10.8. The average Bonchev–Trinajstić information content (AvgIpc) is 2.87. The van der Waals surface area contributed by atoms with Crippen LogP contribution < -0.4 is 5.73 Å². The third kappa shape index (κ3) is 2.23. The number of aromatic nitrogens is 4. The fourth-order valence-corrected chi connectivity index (χ4v) is 1.97. The summed E-state index contributed by atoms with van der Waals surface area (Å²) < 4.78 is 15.0. The molecule has 0 bridgehead atoms. The Morgan fingerprint density at radius 3 is 2.55 bits per heavy atom. The number of benzene rings is 2. The molecule has 0 spiro atoms. The number of nitrogen functional groups attached to an aromatic ring is 1. The van der Waals surface area contributed by atoms with E-state index in [1.165, 1.54) is 12.1 Å². The standard InChI is InChI=1S/C14H12FN5/c1-9-2-4-13(5-3-9)20-14(17-18-19-20)10-6-11(15)8-12(16)7-10/h2-8H,16H2,1H3. The van der Waals surface area contributed by atoms with Crippen molar-refractivity contribution in [3.05, 3.63) is 53.8 Å². The van der Waals surface area contributed by atoms with Crippen LogP contribution in [0, 0.1) is 12.7 Å². The van der Waals surface area contributed by atoms with Crippen LogP contribution in [-0.2, 0) is 0 Å². The number of nitrogens with two attached hydrogens (primary N) is 1. The summed E-state index contributed by atoms with van der Waals surface area (Å²) in [5.74, 6) is 0.0264. The molecule has 0 saturated carbocycles. The van der Waals surface area contributed by atoms with Crippen LogP contribution in [0.25, 0.3) is 17.1 Å². The maximum absolute atomic E-state index is 13.4. The van der Waals surface area contributed by atoms with Crippen molar-refractivity contribution in [1.82, 2.24) is 20.2 Å². The summed E-state index contributed by atoms with van der Waals surface area (Å²) >= 11 is 0. The van der Waals surface area contributed by atoms with Crippen LogP contribution in [0.5, 0.6) is 0 Å². The summed E-state index contributed by atoms with van der Waals surface area (Å²) in [7, 11) is 0. The number of rotatable bonds is 2. The number of tetrazole rings is 1. The van der Waals surface area contributed by atoms with Gasteiger partial charge in [0.1, 0.15) is 5.82 Å². The van der Waals surface area contributed by atoms with Crippen molar-refractivity contribution < 1.29 is 4.39 Å². The quantitative estimate of drug-likeness (QED) is 0.725. The molecule has 0 amide bonds. The molecule has 1 heterocycles. The number of nitrogens with zero attached hydrogens (tertiary/aromatic N) is 4. The van der Waals surface area contributed by atoms with Crippen molar-refractivity contribution in [3.63, 3.8) is 0 Å². The molecule has 0 radical (unpaired) electrons. The number of anilines is 1. The first-order valence-corrected chi connectivity index (χ1v) is 6.05. The zero-order valence-electron chi connectivity index (χ0n) is 10.8. The van der Waals surface area contributed by atoms with E-state index in [0.717, 1.165) is 11.3 Å². The molecule has 0 aliphatic heterocycles. The molecule has 6 heteroatoms. The second kappa shape index (κ2) is 4.73. The molecule has 20 heavy (non-hydrogen) atoms. The summed E-state index contributed by atoms with van der Waals surface area (Å²) in [5, 5.41) is 11.5. The van der Waals surface area contributed by atoms with Gasteiger partial charge >= 0.3 is 0 Å². The average molecular weight is 269 g/mol. The van der Waals surface area contributed by atoms with E-state index in [2.05, 4.69) is 15.5 Å². The highest BCUT2D eigenvalue weighted by atomic mass is 19.1. The van der Waals surface area contributed by atoms with Crippen LogP contribution >= 0.6 is 0 Å². The van der Waals surface area contributed by atoms with Crippen molar-refractivity contribution in [3.8, 4) is 17.1 Å². The van der Waals surface area contributed by atoms with Gasteiger partial charge in [-0.25, -0.2) is 4.39 Å². The van der Waals surface area contributed by atoms with Crippen LogP contribution in [0.4, 0.5) is 10.1 Å². The summed E-state index contributed by atoms with van der Waals surface area (Å²) in [5.41, 5.74) is 8.46. The van der Waals surface area contributed by atoms with Crippen molar-refractivity contribution >= 4 is 5.69 Å². The Balaban J connectivity index is 2.12. The summed E-state index contributed by atoms with van der Waals surface area (Å²) in [6.07, 6.45) is 0. The maximum atomic E-state index is 13.4. The molecule has 0 atom stereocenters. The molecule has 0 saturated heterocycles. The van der Waals surface area contributed by atoms with Gasteiger partial charge in [0.25, 0.3) is 0 Å². The Morgan fingerprint density at radius 1 is 1.10 bits per heavy atom. The highest BCUT2D eigenvalue weighted by Crippen LogP contribution is 2.22. The fraction of sp³-hybridized carbons (Fsp3) is 0.0714. The van der Waals surface area contributed by atoms with Crippen molar-refractivity contribution in [2.24, 2.45) is 0 Å². The molecule has 0 aliphatic rings. The van der Waals surface area contributed by atoms with Gasteiger partial charge in [0.2, 0.25) is 0 Å². The molecular formula is C14H12FN5. The van der Waals surface area contributed by atoms with E-state index in [-0.39, 0.29) is 0 Å². The van der Waals surface area contributed by atoms with Gasteiger partial charge < -0.3 is 5.73 Å². The number of hydrogen-bond donors (Lipinski definition) is 1. The van der Waals surface area contributed by atoms with E-state index >= 15 is 0 Å². The van der Waals surface area contributed by atoms with Gasteiger partial charge in [0.05, 0.1) is 5.69 Å². The van der Waals surface area contributed by atoms with E-state index < -0.39 is 5.82 Å². The third-order valence-corrected chi connectivity index (χ3v) is 2.93. The SMILES string of the molecule is Cc1ccc(-n2nnnc2-c2cc(N)cc(F)c2)cc1. The van der Waals surface area contributed by atoms with Crippen LogP contribution in [0.2, 0.25) is 0 Å². The molecule has 2 N–H and O–H groups in total. The lowest BCUT2D eigenvalue weighted by atomic mass is 10.1. The van der Waals surface area contributed by atoms with Crippen LogP contribution in [-0.4, -0.2) is 20.2 Å². The summed E-state index contributed by atoms with van der Waals surface area (Å²) in [6.45, 7) is 2.00. The first kappa shape index (κ1) is 12.3. The minimum Gasteiger partial charge on any atom is -0.399 e. The predicted molar refractivity (Wildman–Crippen MR) is 73.7 cm³/mol. The summed E-state index contributed by atoms with van der Waals surface area (Å²) in [4.78, 5) is 0. The monoisotopic (exact) mass is 269 g/mol. The van der Waals surface area contributed by atoms with E-state index in [1.54, 1.807) is 10.7 Å². The second-order valence-electron chi connectivity index (χ2n) is 4.52. The lowest BCUT2D eigenvalue weighted by Crippen LogP contribution is -2.00. The third-order valence-electron chi connectivity index (χ3n) is 2.93. The molecule has 5 nitrogen and oxygen atoms in total. The molecule has 0 unspecified atom stereocenters. The smallest absolute Gasteiger partial charge is 0.187 e. The molecule has 2 aromatic carbocycles. The van der Waals surface area contributed by atoms with Crippen LogP contribution in [0.1, 0.15) is 5.56 Å². The van der Waals surface area contributed by atoms with Crippen molar-refractivity contribution in [2.75, 3.05) is 5.73 Å². The Morgan fingerprint density at radius 2 is 1.85 bits per heavy atom. The van der Waals surface area contributed by atoms with Crippen LogP contribution in [0.15, 0.2) is 42.5 Å². The van der Waals surface area contributed by atoms with E-state index in [9.17, 15) is 4.39 Å². The van der Waals surface area contributed by atoms with Gasteiger partial charge in [0.15, 0.2) is 5.82 Å². The van der Waals surface area contributed by atoms with Gasteiger partial charge in [-0.05, 0) is 47.7 Å². The highest BCUT2D eigenvalue weighted by molar-refractivity contribution is 5.62. The van der Waals surface area contributed by atoms with Gasteiger partial charge in [-0.1, -0.05) is 17.7 Å². The topological polar surface area (TPSA) is 69.6 Å². The molecule has 3 aromatic rings. The fourth-order valence-electron chi connectivity index (χ4n) is 1.97. The number of hydrogen-bond acceptors (Lipinski definition) is 4. The largest absolute Gasteiger partial charge is 0.399 e. The molecule has 3 rings (SSSR count). The Kier molecular flexibility index (Phi) is 2.90. The molecule has 100 valence electrons. The molecule has 0 aliphatic carbocycles. The van der Waals surface area contributed by atoms with Crippen molar-refractivity contribution in [1.29, 1.82) is 0 Å². The van der Waals surface area contributed by atoms with Crippen LogP contribution in [0.3, 0.4) is 0 Å². The second-order valence-corrected chi connectivity index (χ2v) is 4.52. The van der Waals surface area contributed by atoms with Gasteiger partial charge in [-0.15, -0.1) is 5.10 Å². The van der Waals surface area contributed by atoms with Gasteiger partial charge in [-0.2, -0.15) is 4.68 Å². The normalized spacial score (nSPS) is 10.7. The van der Waals surface area contributed by atoms with E-state index in [4.69, 9.17) is 5.73 Å². The molecule has 1 aromatic heterocycles. The minimum absolute atomic E-state index is 0.332. The number of aryl methyl sites for hydroxylation is 1. The van der Waals surface area contributed by atoms with E-state index in [0.29, 0.717) is 17.1 Å². The highest BCUT2D eigenvalue weighted by Gasteiger charge is 2.12. The van der Waals surface area contributed by atoms with Crippen molar-refractivity contribution in [2.45, 2.75) is 6.92 Å². The van der Waals surface area contributed by atoms with Gasteiger partial charge in [0, 0.05) is 11.3 Å². The molecular weight excluding hydrogens is 257 g/mol. The lowest BCUT2D eigenvalue weighted by Gasteiger charge is -2.06. The maximum Gasteiger partial charge on any atom is 0.187 e. The number of halogens is 1. The Bertz CT molecular complexity index is 728. The first-order chi connectivity index (χ1) is 9.63. The Labute approximate surface area is 114 Å².